The van der Waals surface area contributed by atoms with E-state index in [1.807, 2.05) is 5.38 Å². The average molecular weight is 204 g/mol. The van der Waals surface area contributed by atoms with Crippen molar-refractivity contribution in [1.82, 2.24) is 4.98 Å². The summed E-state index contributed by atoms with van der Waals surface area (Å²) in [6.07, 6.45) is 0. The van der Waals surface area contributed by atoms with Gasteiger partial charge in [-0.1, -0.05) is 29.8 Å². The number of aromatic nitrogens is 1. The Bertz CT molecular complexity index is 417. The van der Waals surface area contributed by atoms with Crippen molar-refractivity contribution >= 4 is 11.3 Å². The number of hydrogen-bond acceptors (Lipinski definition) is 3. The Morgan fingerprint density at radius 1 is 1.29 bits per heavy atom. The molecule has 0 saturated carbocycles. The molecule has 0 saturated heterocycles. The Balaban J connectivity index is 2.34. The first-order valence-corrected chi connectivity index (χ1v) is 5.39. The van der Waals surface area contributed by atoms with Crippen LogP contribution in [-0.4, -0.2) is 4.98 Å². The molecular weight excluding hydrogens is 192 g/mol. The molecule has 0 atom stereocenters. The maximum Gasteiger partial charge on any atom is 0.123 e. The molecule has 0 aliphatic heterocycles. The molecule has 0 spiro atoms. The van der Waals surface area contributed by atoms with Gasteiger partial charge in [-0.3, -0.25) is 0 Å². The highest BCUT2D eigenvalue weighted by atomic mass is 32.1. The summed E-state index contributed by atoms with van der Waals surface area (Å²) in [5, 5.41) is 3.06. The van der Waals surface area contributed by atoms with Crippen molar-refractivity contribution in [2.75, 3.05) is 0 Å². The first-order valence-electron chi connectivity index (χ1n) is 4.51. The van der Waals surface area contributed by atoms with Gasteiger partial charge in [-0.25, -0.2) is 4.98 Å². The number of nitrogens with two attached hydrogens (primary N) is 1. The van der Waals surface area contributed by atoms with Crippen LogP contribution in [0, 0.1) is 6.92 Å². The Kier molecular flexibility index (Phi) is 2.61. The third kappa shape index (κ3) is 1.84. The number of nitrogens with zero attached hydrogens (tertiary/aromatic N) is 1. The van der Waals surface area contributed by atoms with E-state index in [2.05, 4.69) is 36.2 Å². The maximum atomic E-state index is 5.51. The quantitative estimate of drug-likeness (QED) is 0.816. The third-order valence-electron chi connectivity index (χ3n) is 2.06. The van der Waals surface area contributed by atoms with E-state index in [-0.39, 0.29) is 0 Å². The minimum Gasteiger partial charge on any atom is -0.325 e. The van der Waals surface area contributed by atoms with Gasteiger partial charge in [-0.05, 0) is 6.92 Å². The minimum atomic E-state index is 0.516. The molecule has 2 aromatic rings. The summed E-state index contributed by atoms with van der Waals surface area (Å²) in [7, 11) is 0. The SMILES string of the molecule is Cc1ccc(-c2nc(CN)cs2)cc1. The van der Waals surface area contributed by atoms with Crippen molar-refractivity contribution < 1.29 is 0 Å². The predicted molar refractivity (Wildman–Crippen MR) is 60.2 cm³/mol. The van der Waals surface area contributed by atoms with E-state index in [1.54, 1.807) is 11.3 Å². The van der Waals surface area contributed by atoms with Gasteiger partial charge in [0.05, 0.1) is 5.69 Å². The van der Waals surface area contributed by atoms with Crippen LogP contribution in [0.3, 0.4) is 0 Å². The molecule has 0 aliphatic carbocycles. The number of benzene rings is 1. The monoisotopic (exact) mass is 204 g/mol. The predicted octanol–water partition coefficient (Wildman–Crippen LogP) is 2.58. The van der Waals surface area contributed by atoms with Crippen molar-refractivity contribution in [3.05, 3.63) is 40.9 Å². The van der Waals surface area contributed by atoms with Crippen LogP contribution in [0.25, 0.3) is 10.6 Å². The van der Waals surface area contributed by atoms with Crippen LogP contribution in [0.4, 0.5) is 0 Å². The van der Waals surface area contributed by atoms with Crippen LogP contribution in [0.5, 0.6) is 0 Å². The molecule has 2 nitrogen and oxygen atoms in total. The Labute approximate surface area is 87.4 Å². The molecule has 72 valence electrons. The lowest BCUT2D eigenvalue weighted by atomic mass is 10.2. The fraction of sp³-hybridized carbons (Fsp3) is 0.182. The molecule has 0 amide bonds. The lowest BCUT2D eigenvalue weighted by molar-refractivity contribution is 1.01. The number of aryl methyl sites for hydroxylation is 1. The van der Waals surface area contributed by atoms with Gasteiger partial charge in [-0.15, -0.1) is 11.3 Å². The molecule has 1 aromatic carbocycles. The van der Waals surface area contributed by atoms with Gasteiger partial charge < -0.3 is 5.73 Å². The molecule has 1 heterocycles. The number of thiazole rings is 1. The van der Waals surface area contributed by atoms with E-state index >= 15 is 0 Å². The van der Waals surface area contributed by atoms with Crippen LogP contribution in [-0.2, 0) is 6.54 Å². The normalized spacial score (nSPS) is 10.4. The minimum absolute atomic E-state index is 0.516. The highest BCUT2D eigenvalue weighted by molar-refractivity contribution is 7.13. The second kappa shape index (κ2) is 3.90. The largest absolute Gasteiger partial charge is 0.325 e. The molecule has 3 heteroatoms. The number of hydrogen-bond donors (Lipinski definition) is 1. The van der Waals surface area contributed by atoms with E-state index in [9.17, 15) is 0 Å². The van der Waals surface area contributed by atoms with E-state index < -0.39 is 0 Å². The molecule has 0 aliphatic rings. The molecule has 1 aromatic heterocycles. The van der Waals surface area contributed by atoms with E-state index in [4.69, 9.17) is 5.73 Å². The van der Waals surface area contributed by atoms with Crippen LogP contribution in [0.2, 0.25) is 0 Å². The fourth-order valence-electron chi connectivity index (χ4n) is 1.23. The van der Waals surface area contributed by atoms with Crippen molar-refractivity contribution in [1.29, 1.82) is 0 Å². The second-order valence-electron chi connectivity index (χ2n) is 3.21. The summed E-state index contributed by atoms with van der Waals surface area (Å²) in [6.45, 7) is 2.60. The summed E-state index contributed by atoms with van der Waals surface area (Å²) < 4.78 is 0. The average Bonchev–Trinajstić information content (AvgIpc) is 2.67. The second-order valence-corrected chi connectivity index (χ2v) is 4.07. The molecule has 0 radical (unpaired) electrons. The summed E-state index contributed by atoms with van der Waals surface area (Å²) in [4.78, 5) is 4.42. The van der Waals surface area contributed by atoms with Crippen LogP contribution < -0.4 is 5.73 Å². The topological polar surface area (TPSA) is 38.9 Å². The van der Waals surface area contributed by atoms with Gasteiger partial charge in [0, 0.05) is 17.5 Å². The van der Waals surface area contributed by atoms with Crippen molar-refractivity contribution in [2.45, 2.75) is 13.5 Å². The van der Waals surface area contributed by atoms with E-state index in [1.165, 1.54) is 11.1 Å². The van der Waals surface area contributed by atoms with Gasteiger partial charge in [-0.2, -0.15) is 0 Å². The maximum absolute atomic E-state index is 5.51. The molecule has 0 fully saturated rings. The molecular formula is C11H12N2S. The summed E-state index contributed by atoms with van der Waals surface area (Å²) in [6, 6.07) is 8.38. The lowest BCUT2D eigenvalue weighted by Gasteiger charge is -1.96. The van der Waals surface area contributed by atoms with Gasteiger partial charge in [0.1, 0.15) is 5.01 Å². The van der Waals surface area contributed by atoms with Crippen LogP contribution >= 0.6 is 11.3 Å². The summed E-state index contributed by atoms with van der Waals surface area (Å²) >= 11 is 1.64. The number of rotatable bonds is 2. The van der Waals surface area contributed by atoms with Crippen molar-refractivity contribution in [3.63, 3.8) is 0 Å². The van der Waals surface area contributed by atoms with Crippen LogP contribution in [0.15, 0.2) is 29.6 Å². The highest BCUT2D eigenvalue weighted by Gasteiger charge is 2.02. The molecule has 14 heavy (non-hydrogen) atoms. The zero-order chi connectivity index (χ0) is 9.97. The summed E-state index contributed by atoms with van der Waals surface area (Å²) in [5.74, 6) is 0. The zero-order valence-corrected chi connectivity index (χ0v) is 8.84. The van der Waals surface area contributed by atoms with E-state index in [0.717, 1.165) is 10.7 Å². The molecule has 2 rings (SSSR count). The molecule has 0 unspecified atom stereocenters. The van der Waals surface area contributed by atoms with Crippen molar-refractivity contribution in [2.24, 2.45) is 5.73 Å². The Hall–Kier alpha value is -1.19. The van der Waals surface area contributed by atoms with Crippen LogP contribution in [0.1, 0.15) is 11.3 Å². The summed E-state index contributed by atoms with van der Waals surface area (Å²) in [5.41, 5.74) is 8.91. The van der Waals surface area contributed by atoms with Gasteiger partial charge in [0.25, 0.3) is 0 Å². The smallest absolute Gasteiger partial charge is 0.123 e. The lowest BCUT2D eigenvalue weighted by Crippen LogP contribution is -1.95. The van der Waals surface area contributed by atoms with Gasteiger partial charge in [0.2, 0.25) is 0 Å². The molecule has 0 bridgehead atoms. The van der Waals surface area contributed by atoms with Crippen molar-refractivity contribution in [3.8, 4) is 10.6 Å². The zero-order valence-electron chi connectivity index (χ0n) is 8.03. The van der Waals surface area contributed by atoms with E-state index in [0.29, 0.717) is 6.54 Å². The fourth-order valence-corrected chi connectivity index (χ4v) is 2.07. The Morgan fingerprint density at radius 2 is 2.00 bits per heavy atom. The standard InChI is InChI=1S/C11H12N2S/c1-8-2-4-9(5-3-8)11-13-10(6-12)7-14-11/h2-5,7H,6,12H2,1H3. The first-order chi connectivity index (χ1) is 6.79. The first kappa shape index (κ1) is 9.37. The highest BCUT2D eigenvalue weighted by Crippen LogP contribution is 2.23. The molecule has 2 N–H and O–H groups in total. The van der Waals surface area contributed by atoms with Gasteiger partial charge in [0.15, 0.2) is 0 Å². The third-order valence-corrected chi connectivity index (χ3v) is 3.00. The Morgan fingerprint density at radius 3 is 2.57 bits per heavy atom. The van der Waals surface area contributed by atoms with Gasteiger partial charge >= 0.3 is 0 Å².